The van der Waals surface area contributed by atoms with Gasteiger partial charge in [-0.05, 0) is 69.5 Å². The van der Waals surface area contributed by atoms with Crippen LogP contribution < -0.4 is 15.4 Å². The molecule has 4 atom stereocenters. The van der Waals surface area contributed by atoms with Gasteiger partial charge < -0.3 is 19.7 Å². The van der Waals surface area contributed by atoms with E-state index in [1.807, 2.05) is 29.2 Å². The summed E-state index contributed by atoms with van der Waals surface area (Å²) in [5.41, 5.74) is 0.720. The Morgan fingerprint density at radius 3 is 2.60 bits per heavy atom. The molecule has 0 aromatic heterocycles. The first-order valence-corrected chi connectivity index (χ1v) is 12.9. The molecule has 2 N–H and O–H groups in total. The summed E-state index contributed by atoms with van der Waals surface area (Å²) >= 11 is 0. The summed E-state index contributed by atoms with van der Waals surface area (Å²) in [5, 5.41) is 6.56. The Hall–Kier alpha value is -2.49. The molecule has 3 unspecified atom stereocenters. The van der Waals surface area contributed by atoms with Crippen molar-refractivity contribution in [1.29, 1.82) is 0 Å². The Bertz CT molecular complexity index is 930. The van der Waals surface area contributed by atoms with Crippen LogP contribution in [0, 0.1) is 11.8 Å². The third kappa shape index (κ3) is 5.22. The molecule has 1 aromatic carbocycles. The highest BCUT2D eigenvalue weighted by atomic mass is 16.5. The van der Waals surface area contributed by atoms with E-state index in [-0.39, 0.29) is 47.7 Å². The monoisotopic (exact) mass is 484 g/mol. The van der Waals surface area contributed by atoms with Gasteiger partial charge in [0.15, 0.2) is 5.78 Å². The fourth-order valence-electron chi connectivity index (χ4n) is 6.00. The van der Waals surface area contributed by atoms with Gasteiger partial charge in [0.05, 0.1) is 38.4 Å². The van der Waals surface area contributed by atoms with Crippen LogP contribution in [-0.4, -0.2) is 92.1 Å². The van der Waals surface area contributed by atoms with E-state index in [9.17, 15) is 14.4 Å². The molecule has 0 aliphatic carbocycles. The number of hydrogen-bond acceptors (Lipinski definition) is 7. The molecule has 9 heteroatoms. The lowest BCUT2D eigenvalue weighted by molar-refractivity contribution is -0.144. The average molecular weight is 485 g/mol. The molecule has 4 heterocycles. The summed E-state index contributed by atoms with van der Waals surface area (Å²) in [6.45, 7) is 3.82. The van der Waals surface area contributed by atoms with Crippen LogP contribution in [0.1, 0.15) is 42.5 Å². The van der Waals surface area contributed by atoms with Gasteiger partial charge in [-0.2, -0.15) is 0 Å². The van der Waals surface area contributed by atoms with Gasteiger partial charge in [0.1, 0.15) is 5.75 Å². The molecule has 4 aliphatic heterocycles. The number of carbonyl (C=O) groups is 3. The van der Waals surface area contributed by atoms with Crippen LogP contribution in [-0.2, 0) is 14.3 Å². The highest BCUT2D eigenvalue weighted by molar-refractivity contribution is 5.98. The molecule has 0 saturated carbocycles. The van der Waals surface area contributed by atoms with E-state index in [1.54, 1.807) is 7.11 Å². The molecule has 190 valence electrons. The fourth-order valence-corrected chi connectivity index (χ4v) is 6.00. The number of carbonyl (C=O) groups excluding carboxylic acids is 3. The molecule has 4 aliphatic rings. The van der Waals surface area contributed by atoms with E-state index in [0.717, 1.165) is 56.5 Å². The van der Waals surface area contributed by atoms with E-state index in [4.69, 9.17) is 9.47 Å². The maximum absolute atomic E-state index is 13.4. The standard InChI is InChI=1S/C26H36N4O5/c1-34-19-6-4-17(5-7-19)24(31)18-8-12-29(13-9-18)22-3-2-11-30(26(22)33)15-23-27-21-10-14-35-16-20(21)25(32)28-23/h4-7,18,20-23,27H,2-3,8-16H2,1H3,(H,28,32)/t20?,21?,22-,23?/m0/s1. The number of Topliss-reactive ketones (excluding diaryl/α,β-unsaturated/α-hetero) is 1. The van der Waals surface area contributed by atoms with E-state index in [0.29, 0.717) is 26.3 Å². The van der Waals surface area contributed by atoms with Gasteiger partial charge >= 0.3 is 0 Å². The van der Waals surface area contributed by atoms with Crippen LogP contribution in [0.4, 0.5) is 0 Å². The van der Waals surface area contributed by atoms with E-state index in [1.165, 1.54) is 0 Å². The Balaban J connectivity index is 1.14. The molecular weight excluding hydrogens is 448 g/mol. The van der Waals surface area contributed by atoms with Crippen molar-refractivity contribution >= 4 is 17.6 Å². The van der Waals surface area contributed by atoms with Crippen molar-refractivity contribution in [3.05, 3.63) is 29.8 Å². The van der Waals surface area contributed by atoms with Crippen molar-refractivity contribution in [3.8, 4) is 5.75 Å². The maximum Gasteiger partial charge on any atom is 0.240 e. The second-order valence-corrected chi connectivity index (χ2v) is 10.1. The van der Waals surface area contributed by atoms with Crippen molar-refractivity contribution in [2.75, 3.05) is 46.5 Å². The highest BCUT2D eigenvalue weighted by Gasteiger charge is 2.41. The van der Waals surface area contributed by atoms with Crippen LogP contribution in [0.5, 0.6) is 5.75 Å². The van der Waals surface area contributed by atoms with Gasteiger partial charge in [0.25, 0.3) is 0 Å². The predicted molar refractivity (Wildman–Crippen MR) is 129 cm³/mol. The zero-order chi connectivity index (χ0) is 24.4. The van der Waals surface area contributed by atoms with E-state index >= 15 is 0 Å². The van der Waals surface area contributed by atoms with Crippen molar-refractivity contribution in [2.24, 2.45) is 11.8 Å². The highest BCUT2D eigenvalue weighted by Crippen LogP contribution is 2.27. The summed E-state index contributed by atoms with van der Waals surface area (Å²) in [7, 11) is 1.61. The first-order chi connectivity index (χ1) is 17.0. The molecule has 0 spiro atoms. The van der Waals surface area contributed by atoms with Gasteiger partial charge in [-0.3, -0.25) is 24.6 Å². The normalized spacial score (nSPS) is 30.5. The van der Waals surface area contributed by atoms with Crippen molar-refractivity contribution in [2.45, 2.75) is 50.4 Å². The number of hydrogen-bond donors (Lipinski definition) is 2. The average Bonchev–Trinajstić information content (AvgIpc) is 2.90. The summed E-state index contributed by atoms with van der Waals surface area (Å²) in [6, 6.07) is 7.27. The van der Waals surface area contributed by atoms with E-state index < -0.39 is 0 Å². The number of fused-ring (bicyclic) bond motifs is 1. The summed E-state index contributed by atoms with van der Waals surface area (Å²) in [5.74, 6) is 0.918. The molecule has 2 amide bonds. The third-order valence-electron chi connectivity index (χ3n) is 8.05. The Morgan fingerprint density at radius 1 is 1.09 bits per heavy atom. The number of nitrogens with one attached hydrogen (secondary N) is 2. The number of ketones is 1. The number of nitrogens with zero attached hydrogens (tertiary/aromatic N) is 2. The van der Waals surface area contributed by atoms with Crippen molar-refractivity contribution in [3.63, 3.8) is 0 Å². The lowest BCUT2D eigenvalue weighted by atomic mass is 9.87. The summed E-state index contributed by atoms with van der Waals surface area (Å²) in [6.07, 6.45) is 3.91. The zero-order valence-electron chi connectivity index (χ0n) is 20.4. The van der Waals surface area contributed by atoms with Crippen LogP contribution in [0.2, 0.25) is 0 Å². The largest absolute Gasteiger partial charge is 0.497 e. The summed E-state index contributed by atoms with van der Waals surface area (Å²) in [4.78, 5) is 43.0. The number of ether oxygens (including phenoxy) is 2. The predicted octanol–water partition coefficient (Wildman–Crippen LogP) is 1.03. The van der Waals surface area contributed by atoms with Crippen LogP contribution >= 0.6 is 0 Å². The van der Waals surface area contributed by atoms with Crippen LogP contribution in [0.25, 0.3) is 0 Å². The zero-order valence-corrected chi connectivity index (χ0v) is 20.4. The third-order valence-corrected chi connectivity index (χ3v) is 8.05. The van der Waals surface area contributed by atoms with Gasteiger partial charge in [-0.1, -0.05) is 0 Å². The number of likely N-dealkylation sites (tertiary alicyclic amines) is 2. The first kappa shape index (κ1) is 24.2. The quantitative estimate of drug-likeness (QED) is 0.582. The number of methoxy groups -OCH3 is 1. The molecule has 0 bridgehead atoms. The summed E-state index contributed by atoms with van der Waals surface area (Å²) < 4.78 is 10.6. The van der Waals surface area contributed by atoms with Crippen LogP contribution in [0.3, 0.4) is 0 Å². The molecule has 0 radical (unpaired) electrons. The Labute approximate surface area is 206 Å². The van der Waals surface area contributed by atoms with Gasteiger partial charge in [-0.15, -0.1) is 0 Å². The minimum atomic E-state index is -0.225. The second kappa shape index (κ2) is 10.6. The fraction of sp³-hybridized carbons (Fsp3) is 0.654. The smallest absolute Gasteiger partial charge is 0.240 e. The lowest BCUT2D eigenvalue weighted by Crippen LogP contribution is -2.67. The number of piperidine rings is 2. The van der Waals surface area contributed by atoms with Gasteiger partial charge in [-0.25, -0.2) is 0 Å². The van der Waals surface area contributed by atoms with E-state index in [2.05, 4.69) is 15.5 Å². The molecule has 9 nitrogen and oxygen atoms in total. The minimum Gasteiger partial charge on any atom is -0.497 e. The molecule has 35 heavy (non-hydrogen) atoms. The maximum atomic E-state index is 13.4. The topological polar surface area (TPSA) is 100 Å². The minimum absolute atomic E-state index is 0.0106. The lowest BCUT2D eigenvalue weighted by Gasteiger charge is -2.44. The van der Waals surface area contributed by atoms with Crippen LogP contribution in [0.15, 0.2) is 24.3 Å². The Morgan fingerprint density at radius 2 is 1.86 bits per heavy atom. The number of benzene rings is 1. The molecular formula is C26H36N4O5. The second-order valence-electron chi connectivity index (χ2n) is 10.1. The Kier molecular flexibility index (Phi) is 7.36. The molecule has 4 fully saturated rings. The van der Waals surface area contributed by atoms with Crippen molar-refractivity contribution < 1.29 is 23.9 Å². The SMILES string of the molecule is COc1ccc(C(=O)C2CCN([C@H]3CCCN(CC4NC(=O)C5COCCC5N4)C3=O)CC2)cc1. The first-order valence-electron chi connectivity index (χ1n) is 12.9. The van der Waals surface area contributed by atoms with Gasteiger partial charge in [0.2, 0.25) is 11.8 Å². The molecule has 5 rings (SSSR count). The molecule has 1 aromatic rings. The number of amides is 2. The number of rotatable bonds is 6. The van der Waals surface area contributed by atoms with Gasteiger partial charge in [0, 0.05) is 30.7 Å². The van der Waals surface area contributed by atoms with Crippen molar-refractivity contribution in [1.82, 2.24) is 20.4 Å². The molecule has 4 saturated heterocycles.